The van der Waals surface area contributed by atoms with Crippen LogP contribution in [0.4, 0.5) is 0 Å². The van der Waals surface area contributed by atoms with Crippen molar-refractivity contribution in [2.75, 3.05) is 0 Å². The van der Waals surface area contributed by atoms with Crippen molar-refractivity contribution >= 4 is 5.97 Å². The monoisotopic (exact) mass is 368 g/mol. The number of hydrogen-bond acceptors (Lipinski definition) is 3. The van der Waals surface area contributed by atoms with Gasteiger partial charge in [0.25, 0.3) is 0 Å². The molecule has 4 rings (SSSR count). The van der Waals surface area contributed by atoms with Gasteiger partial charge in [0, 0.05) is 6.92 Å². The highest BCUT2D eigenvalue weighted by Crippen LogP contribution is 2.63. The van der Waals surface area contributed by atoms with Gasteiger partial charge in [0.15, 0.2) is 0 Å². The van der Waals surface area contributed by atoms with Crippen molar-refractivity contribution in [2.24, 2.45) is 23.2 Å². The van der Waals surface area contributed by atoms with Crippen molar-refractivity contribution in [3.05, 3.63) is 42.0 Å². The molecule has 146 valence electrons. The van der Waals surface area contributed by atoms with Crippen LogP contribution in [-0.4, -0.2) is 17.2 Å². The molecule has 0 unspecified atom stereocenters. The highest BCUT2D eigenvalue weighted by molar-refractivity contribution is 5.69. The molecule has 0 radical (unpaired) electrons. The minimum absolute atomic E-state index is 0.0716. The molecule has 1 aromatic rings. The Morgan fingerprint density at radius 3 is 2.93 bits per heavy atom. The van der Waals surface area contributed by atoms with Crippen LogP contribution in [0.15, 0.2) is 30.9 Å². The third kappa shape index (κ3) is 3.14. The molecule has 6 atom stereocenters. The Hall–Kier alpha value is -1.61. The first-order valence-electron chi connectivity index (χ1n) is 10.5. The Bertz CT molecular complexity index is 739. The standard InChI is InChI=1S/C24H32O3/c1-4-5-6-17-14-24(3)21(11-12-22(24)26)20-9-7-16-13-18(27-15(2)25)8-10-19(16)23(17)20/h4,8,10,13,17,20-23,26H,1,5-7,9,11-12,14H2,2-3H3/t17-,20-,21-,22-,23+,24-/m0/s1. The molecule has 0 heterocycles. The number of aryl methyl sites for hydroxylation is 1. The predicted molar refractivity (Wildman–Crippen MR) is 107 cm³/mol. The molecule has 0 amide bonds. The van der Waals surface area contributed by atoms with Crippen LogP contribution in [0.25, 0.3) is 0 Å². The number of benzene rings is 1. The Balaban J connectivity index is 1.70. The van der Waals surface area contributed by atoms with Crippen LogP contribution in [0.3, 0.4) is 0 Å². The normalized spacial score (nSPS) is 37.1. The van der Waals surface area contributed by atoms with E-state index >= 15 is 0 Å². The van der Waals surface area contributed by atoms with Crippen LogP contribution < -0.4 is 4.74 Å². The Labute approximate surface area is 162 Å². The van der Waals surface area contributed by atoms with Crippen LogP contribution >= 0.6 is 0 Å². The van der Waals surface area contributed by atoms with Crippen LogP contribution in [0.2, 0.25) is 0 Å². The van der Waals surface area contributed by atoms with E-state index in [4.69, 9.17) is 4.74 Å². The maximum atomic E-state index is 11.3. The average Bonchev–Trinajstić information content (AvgIpc) is 2.93. The molecule has 1 aromatic carbocycles. The van der Waals surface area contributed by atoms with Gasteiger partial charge in [0.2, 0.25) is 0 Å². The number of aliphatic hydroxyl groups excluding tert-OH is 1. The number of rotatable bonds is 4. The molecule has 0 bridgehead atoms. The average molecular weight is 369 g/mol. The molecule has 2 saturated carbocycles. The van der Waals surface area contributed by atoms with Crippen molar-refractivity contribution in [3.63, 3.8) is 0 Å². The topological polar surface area (TPSA) is 46.5 Å². The smallest absolute Gasteiger partial charge is 0.308 e. The first-order chi connectivity index (χ1) is 12.9. The summed E-state index contributed by atoms with van der Waals surface area (Å²) < 4.78 is 5.32. The first kappa shape index (κ1) is 18.7. The van der Waals surface area contributed by atoms with Gasteiger partial charge in [-0.3, -0.25) is 4.79 Å². The fraction of sp³-hybridized carbons (Fsp3) is 0.625. The largest absolute Gasteiger partial charge is 0.427 e. The summed E-state index contributed by atoms with van der Waals surface area (Å²) in [5.41, 5.74) is 2.88. The molecule has 3 aliphatic carbocycles. The van der Waals surface area contributed by atoms with Gasteiger partial charge >= 0.3 is 5.97 Å². The zero-order valence-corrected chi connectivity index (χ0v) is 16.6. The van der Waals surface area contributed by atoms with E-state index in [9.17, 15) is 9.90 Å². The number of allylic oxidation sites excluding steroid dienone is 1. The summed E-state index contributed by atoms with van der Waals surface area (Å²) in [4.78, 5) is 11.3. The minimum Gasteiger partial charge on any atom is -0.427 e. The summed E-state index contributed by atoms with van der Waals surface area (Å²) in [7, 11) is 0. The summed E-state index contributed by atoms with van der Waals surface area (Å²) in [5, 5.41) is 10.8. The number of hydrogen-bond donors (Lipinski definition) is 1. The molecule has 0 saturated heterocycles. The van der Waals surface area contributed by atoms with Crippen LogP contribution in [0.1, 0.15) is 69.4 Å². The quantitative estimate of drug-likeness (QED) is 0.461. The zero-order valence-electron chi connectivity index (χ0n) is 16.6. The summed E-state index contributed by atoms with van der Waals surface area (Å²) in [6.45, 7) is 7.73. The van der Waals surface area contributed by atoms with Crippen LogP contribution in [0.5, 0.6) is 5.75 Å². The summed E-state index contributed by atoms with van der Waals surface area (Å²) in [6.07, 6.45) is 9.51. The second kappa shape index (κ2) is 7.09. The van der Waals surface area contributed by atoms with Crippen LogP contribution in [-0.2, 0) is 11.2 Å². The second-order valence-corrected chi connectivity index (χ2v) is 9.22. The van der Waals surface area contributed by atoms with E-state index in [0.29, 0.717) is 29.4 Å². The van der Waals surface area contributed by atoms with Gasteiger partial charge in [0.1, 0.15) is 5.75 Å². The molecular formula is C24H32O3. The third-order valence-electron chi connectivity index (χ3n) is 7.77. The highest BCUT2D eigenvalue weighted by Gasteiger charge is 2.57. The number of esters is 1. The van der Waals surface area contributed by atoms with Gasteiger partial charge in [-0.25, -0.2) is 0 Å². The maximum absolute atomic E-state index is 11.3. The third-order valence-corrected chi connectivity index (χ3v) is 7.77. The molecule has 3 heteroatoms. The lowest BCUT2D eigenvalue weighted by atomic mass is 9.51. The molecule has 2 fully saturated rings. The molecule has 3 aliphatic rings. The lowest BCUT2D eigenvalue weighted by Crippen LogP contribution is -2.47. The first-order valence-corrected chi connectivity index (χ1v) is 10.5. The SMILES string of the molecule is C=CCC[C@H]1C[C@]2(C)[C@@H](O)CC[C@H]2[C@@H]2CCc3cc(OC(C)=O)ccc3[C@@H]12. The van der Waals surface area contributed by atoms with Gasteiger partial charge in [-0.1, -0.05) is 19.1 Å². The van der Waals surface area contributed by atoms with E-state index in [1.165, 1.54) is 24.5 Å². The number of carbonyl (C=O) groups is 1. The molecule has 0 aliphatic heterocycles. The predicted octanol–water partition coefficient (Wildman–Crippen LogP) is 5.02. The molecule has 1 N–H and O–H groups in total. The fourth-order valence-electron chi connectivity index (χ4n) is 6.68. The molecule has 3 nitrogen and oxygen atoms in total. The van der Waals surface area contributed by atoms with Crippen molar-refractivity contribution in [3.8, 4) is 5.75 Å². The number of fused-ring (bicyclic) bond motifs is 5. The van der Waals surface area contributed by atoms with Gasteiger partial charge < -0.3 is 9.84 Å². The second-order valence-electron chi connectivity index (χ2n) is 9.22. The highest BCUT2D eigenvalue weighted by atomic mass is 16.5. The molecule has 27 heavy (non-hydrogen) atoms. The van der Waals surface area contributed by atoms with Gasteiger partial charge in [-0.15, -0.1) is 6.58 Å². The van der Waals surface area contributed by atoms with Crippen molar-refractivity contribution in [2.45, 2.75) is 70.8 Å². The Kier molecular flexibility index (Phi) is 4.92. The van der Waals surface area contributed by atoms with E-state index < -0.39 is 0 Å². The van der Waals surface area contributed by atoms with Crippen LogP contribution in [0, 0.1) is 23.2 Å². The summed E-state index contributed by atoms with van der Waals surface area (Å²) in [6, 6.07) is 6.25. The zero-order chi connectivity index (χ0) is 19.2. The summed E-state index contributed by atoms with van der Waals surface area (Å²) >= 11 is 0. The fourth-order valence-corrected chi connectivity index (χ4v) is 6.68. The Morgan fingerprint density at radius 1 is 1.37 bits per heavy atom. The number of aliphatic hydroxyl groups is 1. The lowest BCUT2D eigenvalue weighted by Gasteiger charge is -2.54. The lowest BCUT2D eigenvalue weighted by molar-refractivity contribution is -0.131. The van der Waals surface area contributed by atoms with Gasteiger partial charge in [0.05, 0.1) is 6.10 Å². The number of ether oxygens (including phenoxy) is 1. The van der Waals surface area contributed by atoms with E-state index in [2.05, 4.69) is 25.6 Å². The molecule has 0 spiro atoms. The summed E-state index contributed by atoms with van der Waals surface area (Å²) in [5.74, 6) is 2.82. The molecular weight excluding hydrogens is 336 g/mol. The van der Waals surface area contributed by atoms with Gasteiger partial charge in [-0.2, -0.15) is 0 Å². The van der Waals surface area contributed by atoms with E-state index in [1.54, 1.807) is 0 Å². The van der Waals surface area contributed by atoms with Crippen molar-refractivity contribution < 1.29 is 14.6 Å². The Morgan fingerprint density at radius 2 is 2.19 bits per heavy atom. The van der Waals surface area contributed by atoms with Gasteiger partial charge in [-0.05, 0) is 97.3 Å². The van der Waals surface area contributed by atoms with Crippen molar-refractivity contribution in [1.29, 1.82) is 0 Å². The maximum Gasteiger partial charge on any atom is 0.308 e. The van der Waals surface area contributed by atoms with E-state index in [1.807, 2.05) is 12.1 Å². The molecule has 0 aromatic heterocycles. The number of carbonyl (C=O) groups excluding carboxylic acids is 1. The minimum atomic E-state index is -0.263. The van der Waals surface area contributed by atoms with Crippen molar-refractivity contribution in [1.82, 2.24) is 0 Å². The van der Waals surface area contributed by atoms with E-state index in [0.717, 1.165) is 38.5 Å². The van der Waals surface area contributed by atoms with E-state index in [-0.39, 0.29) is 17.5 Å².